The Kier molecular flexibility index (Phi) is 5.16. The van der Waals surface area contributed by atoms with Crippen LogP contribution >= 0.6 is 0 Å². The number of pyridine rings is 1. The molecule has 1 saturated heterocycles. The summed E-state index contributed by atoms with van der Waals surface area (Å²) in [5.41, 5.74) is 2.79. The first-order chi connectivity index (χ1) is 13.6. The Labute approximate surface area is 162 Å². The number of nitrogens with zero attached hydrogens (tertiary/aromatic N) is 6. The molecule has 1 N–H and O–H groups in total. The fraction of sp³-hybridized carbons (Fsp3) is 0.421. The van der Waals surface area contributed by atoms with E-state index >= 15 is 0 Å². The second-order valence-electron chi connectivity index (χ2n) is 6.82. The largest absolute Gasteiger partial charge is 0.378 e. The van der Waals surface area contributed by atoms with E-state index in [9.17, 15) is 4.79 Å². The molecular weight excluding hydrogens is 358 g/mol. The van der Waals surface area contributed by atoms with Crippen LogP contribution in [0, 0.1) is 13.8 Å². The van der Waals surface area contributed by atoms with Gasteiger partial charge in [-0.05, 0) is 26.0 Å². The highest BCUT2D eigenvalue weighted by Gasteiger charge is 2.17. The second-order valence-corrected chi connectivity index (χ2v) is 6.82. The Bertz CT molecular complexity index is 995. The number of amides is 1. The van der Waals surface area contributed by atoms with Gasteiger partial charge >= 0.3 is 0 Å². The van der Waals surface area contributed by atoms with Gasteiger partial charge in [0.2, 0.25) is 5.91 Å². The van der Waals surface area contributed by atoms with Crippen molar-refractivity contribution in [1.29, 1.82) is 0 Å². The van der Waals surface area contributed by atoms with Crippen LogP contribution in [0.1, 0.15) is 22.8 Å². The molecule has 0 unspecified atom stereocenters. The van der Waals surface area contributed by atoms with Crippen LogP contribution < -0.4 is 10.2 Å². The molecule has 1 aliphatic heterocycles. The topological polar surface area (TPSA) is 97.5 Å². The van der Waals surface area contributed by atoms with Crippen LogP contribution in [-0.4, -0.2) is 56.8 Å². The molecule has 146 valence electrons. The van der Waals surface area contributed by atoms with Gasteiger partial charge in [0.15, 0.2) is 5.82 Å². The fourth-order valence-corrected chi connectivity index (χ4v) is 3.31. The summed E-state index contributed by atoms with van der Waals surface area (Å²) in [7, 11) is 0. The highest BCUT2D eigenvalue weighted by atomic mass is 16.5. The summed E-state index contributed by atoms with van der Waals surface area (Å²) in [6.07, 6.45) is 1.88. The average molecular weight is 381 g/mol. The van der Waals surface area contributed by atoms with Gasteiger partial charge in [-0.15, -0.1) is 5.10 Å². The number of fused-ring (bicyclic) bond motifs is 1. The minimum Gasteiger partial charge on any atom is -0.378 e. The van der Waals surface area contributed by atoms with Crippen molar-refractivity contribution in [2.24, 2.45) is 0 Å². The molecule has 3 aromatic heterocycles. The zero-order valence-electron chi connectivity index (χ0n) is 16.1. The Hall–Kier alpha value is -3.07. The molecule has 28 heavy (non-hydrogen) atoms. The van der Waals surface area contributed by atoms with Crippen molar-refractivity contribution in [3.8, 4) is 0 Å². The highest BCUT2D eigenvalue weighted by Crippen LogP contribution is 2.18. The van der Waals surface area contributed by atoms with E-state index in [0.29, 0.717) is 31.4 Å². The number of anilines is 1. The van der Waals surface area contributed by atoms with Gasteiger partial charge in [-0.25, -0.2) is 14.5 Å². The monoisotopic (exact) mass is 381 g/mol. The third-order valence-electron chi connectivity index (χ3n) is 4.63. The predicted octanol–water partition coefficient (Wildman–Crippen LogP) is 0.832. The Balaban J connectivity index is 1.42. The normalized spacial score (nSPS) is 14.4. The number of hydrogen-bond donors (Lipinski definition) is 1. The molecule has 0 atom stereocenters. The second kappa shape index (κ2) is 7.89. The summed E-state index contributed by atoms with van der Waals surface area (Å²) in [4.78, 5) is 27.8. The minimum absolute atomic E-state index is 0.106. The number of rotatable bonds is 5. The van der Waals surface area contributed by atoms with Gasteiger partial charge in [-0.3, -0.25) is 4.79 Å². The van der Waals surface area contributed by atoms with Crippen LogP contribution in [0.4, 0.5) is 5.82 Å². The van der Waals surface area contributed by atoms with Crippen molar-refractivity contribution in [2.45, 2.75) is 26.8 Å². The van der Waals surface area contributed by atoms with Crippen molar-refractivity contribution in [3.63, 3.8) is 0 Å². The molecule has 1 aliphatic rings. The number of morpholine rings is 1. The molecule has 3 aromatic rings. The first-order valence-electron chi connectivity index (χ1n) is 9.33. The summed E-state index contributed by atoms with van der Waals surface area (Å²) in [6, 6.07) is 5.80. The lowest BCUT2D eigenvalue weighted by molar-refractivity contribution is -0.120. The van der Waals surface area contributed by atoms with Crippen molar-refractivity contribution < 1.29 is 9.53 Å². The van der Waals surface area contributed by atoms with Crippen LogP contribution in [0.3, 0.4) is 0 Å². The third kappa shape index (κ3) is 3.94. The average Bonchev–Trinajstić information content (AvgIpc) is 3.10. The zero-order valence-corrected chi connectivity index (χ0v) is 16.1. The maximum atomic E-state index is 12.4. The summed E-state index contributed by atoms with van der Waals surface area (Å²) in [5.74, 6) is 1.73. The van der Waals surface area contributed by atoms with E-state index in [1.807, 2.05) is 32.0 Å². The molecule has 9 nitrogen and oxygen atoms in total. The molecule has 0 bridgehead atoms. The van der Waals surface area contributed by atoms with E-state index in [0.717, 1.165) is 35.9 Å². The van der Waals surface area contributed by atoms with E-state index < -0.39 is 0 Å². The Morgan fingerprint density at radius 3 is 2.89 bits per heavy atom. The summed E-state index contributed by atoms with van der Waals surface area (Å²) in [5, 5.41) is 7.34. The van der Waals surface area contributed by atoms with Gasteiger partial charge in [-0.1, -0.05) is 6.07 Å². The number of carbonyl (C=O) groups is 1. The first kappa shape index (κ1) is 18.3. The van der Waals surface area contributed by atoms with Gasteiger partial charge in [0.05, 0.1) is 19.6 Å². The molecule has 1 amide bonds. The minimum atomic E-state index is -0.137. The highest BCUT2D eigenvalue weighted by molar-refractivity contribution is 5.78. The van der Waals surface area contributed by atoms with Gasteiger partial charge in [0.1, 0.15) is 5.82 Å². The maximum absolute atomic E-state index is 12.4. The maximum Gasteiger partial charge on any atom is 0.252 e. The lowest BCUT2D eigenvalue weighted by atomic mass is 10.2. The standard InChI is InChI=1S/C19H23N7O2/c1-13-10-14(2)26-19(22-13)23-16(24-26)11-17(27)21-12-15-4-3-5-20-18(15)25-6-8-28-9-7-25/h3-5,10H,6-9,11-12H2,1-2H3,(H,21,27). The van der Waals surface area contributed by atoms with E-state index in [2.05, 4.69) is 30.3 Å². The number of ether oxygens (including phenoxy) is 1. The van der Waals surface area contributed by atoms with Gasteiger partial charge in [0, 0.05) is 42.8 Å². The van der Waals surface area contributed by atoms with Crippen LogP contribution in [0.2, 0.25) is 0 Å². The zero-order chi connectivity index (χ0) is 19.5. The smallest absolute Gasteiger partial charge is 0.252 e. The molecule has 0 saturated carbocycles. The molecular formula is C19H23N7O2. The van der Waals surface area contributed by atoms with Crippen molar-refractivity contribution in [3.05, 3.63) is 47.2 Å². The Morgan fingerprint density at radius 2 is 2.07 bits per heavy atom. The van der Waals surface area contributed by atoms with Crippen LogP contribution in [0.15, 0.2) is 24.4 Å². The molecule has 4 heterocycles. The predicted molar refractivity (Wildman–Crippen MR) is 103 cm³/mol. The molecule has 0 radical (unpaired) electrons. The van der Waals surface area contributed by atoms with Gasteiger partial charge in [0.25, 0.3) is 5.78 Å². The third-order valence-corrected chi connectivity index (χ3v) is 4.63. The molecule has 0 aromatic carbocycles. The van der Waals surface area contributed by atoms with Crippen molar-refractivity contribution in [1.82, 2.24) is 29.9 Å². The molecule has 1 fully saturated rings. The fourth-order valence-electron chi connectivity index (χ4n) is 3.31. The summed E-state index contributed by atoms with van der Waals surface area (Å²) < 4.78 is 7.07. The van der Waals surface area contributed by atoms with Crippen LogP contribution in [-0.2, 0) is 22.5 Å². The molecule has 9 heteroatoms. The lowest BCUT2D eigenvalue weighted by Crippen LogP contribution is -2.38. The van der Waals surface area contributed by atoms with E-state index in [1.54, 1.807) is 10.7 Å². The number of hydrogen-bond acceptors (Lipinski definition) is 7. The SMILES string of the molecule is Cc1cc(C)n2nc(CC(=O)NCc3cccnc3N3CCOCC3)nc2n1. The lowest BCUT2D eigenvalue weighted by Gasteiger charge is -2.29. The van der Waals surface area contributed by atoms with Crippen LogP contribution in [0.25, 0.3) is 5.78 Å². The van der Waals surface area contributed by atoms with Crippen molar-refractivity contribution in [2.75, 3.05) is 31.2 Å². The molecule has 0 aliphatic carbocycles. The number of nitrogens with one attached hydrogen (secondary N) is 1. The number of aryl methyl sites for hydroxylation is 2. The van der Waals surface area contributed by atoms with E-state index in [4.69, 9.17) is 4.74 Å². The number of aromatic nitrogens is 5. The van der Waals surface area contributed by atoms with E-state index in [-0.39, 0.29) is 12.3 Å². The first-order valence-corrected chi connectivity index (χ1v) is 9.33. The van der Waals surface area contributed by atoms with Crippen molar-refractivity contribution >= 4 is 17.5 Å². The summed E-state index contributed by atoms with van der Waals surface area (Å²) >= 11 is 0. The van der Waals surface area contributed by atoms with Gasteiger partial charge in [-0.2, -0.15) is 4.98 Å². The van der Waals surface area contributed by atoms with Crippen LogP contribution in [0.5, 0.6) is 0 Å². The summed E-state index contributed by atoms with van der Waals surface area (Å²) in [6.45, 7) is 7.24. The Morgan fingerprint density at radius 1 is 1.25 bits per heavy atom. The van der Waals surface area contributed by atoms with Gasteiger partial charge < -0.3 is 15.0 Å². The van der Waals surface area contributed by atoms with E-state index in [1.165, 1.54) is 0 Å². The number of carbonyl (C=O) groups excluding carboxylic acids is 1. The molecule has 0 spiro atoms. The quantitative estimate of drug-likeness (QED) is 0.699. The molecule has 4 rings (SSSR count).